The first-order valence-corrected chi connectivity index (χ1v) is 3.86. The van der Waals surface area contributed by atoms with Crippen LogP contribution in [0, 0.1) is 0 Å². The smallest absolute Gasteiger partial charge is 0.134 e. The van der Waals surface area contributed by atoms with Gasteiger partial charge in [0.25, 0.3) is 0 Å². The van der Waals surface area contributed by atoms with Crippen LogP contribution in [0.1, 0.15) is 0 Å². The molecular formula is C2H8ClN2P. The van der Waals surface area contributed by atoms with E-state index in [0.717, 1.165) is 0 Å². The van der Waals surface area contributed by atoms with Crippen molar-refractivity contribution in [2.45, 2.75) is 0 Å². The molecule has 0 bridgehead atoms. The van der Waals surface area contributed by atoms with E-state index >= 15 is 0 Å². The van der Waals surface area contributed by atoms with Crippen molar-refractivity contribution in [2.75, 3.05) is 14.1 Å². The molecular weight excluding hydrogens is 118 g/mol. The Morgan fingerprint density at radius 1 is 1.33 bits per heavy atom. The maximum Gasteiger partial charge on any atom is 0.134 e. The second-order valence-electron chi connectivity index (χ2n) is 0.728. The molecule has 6 heavy (non-hydrogen) atoms. The van der Waals surface area contributed by atoms with Gasteiger partial charge in [-0.1, -0.05) is 11.2 Å². The Morgan fingerprint density at radius 3 is 1.67 bits per heavy atom. The molecule has 0 rings (SSSR count). The first-order chi connectivity index (χ1) is 2.81. The molecule has 0 aromatic carbocycles. The van der Waals surface area contributed by atoms with Crippen LogP contribution in [0.3, 0.4) is 0 Å². The molecule has 0 aliphatic rings. The Bertz CT molecular complexity index is 30.7. The summed E-state index contributed by atoms with van der Waals surface area (Å²) in [5.41, 5.74) is 0. The average molecular weight is 127 g/mol. The minimum Gasteiger partial charge on any atom is -0.274 e. The molecule has 0 heterocycles. The first-order valence-electron chi connectivity index (χ1n) is 1.62. The van der Waals surface area contributed by atoms with Gasteiger partial charge in [0.2, 0.25) is 0 Å². The number of hydrogen-bond acceptors (Lipinski definition) is 2. The van der Waals surface area contributed by atoms with E-state index < -0.39 is 7.58 Å². The van der Waals surface area contributed by atoms with Crippen molar-refractivity contribution in [3.05, 3.63) is 0 Å². The lowest BCUT2D eigenvalue weighted by atomic mass is 11.6. The topological polar surface area (TPSA) is 24.1 Å². The van der Waals surface area contributed by atoms with Gasteiger partial charge in [0, 0.05) is 0 Å². The van der Waals surface area contributed by atoms with Crippen molar-refractivity contribution in [3.8, 4) is 0 Å². The second kappa shape index (κ2) is 3.82. The van der Waals surface area contributed by atoms with Crippen molar-refractivity contribution < 1.29 is 0 Å². The summed E-state index contributed by atoms with van der Waals surface area (Å²) >= 11 is 5.49. The fourth-order valence-electron chi connectivity index (χ4n) is 0.112. The van der Waals surface area contributed by atoms with Crippen molar-refractivity contribution in [1.29, 1.82) is 0 Å². The van der Waals surface area contributed by atoms with Crippen LogP contribution in [0.2, 0.25) is 0 Å². The van der Waals surface area contributed by atoms with Crippen LogP contribution >= 0.6 is 18.8 Å². The highest BCUT2D eigenvalue weighted by Gasteiger charge is 1.88. The fraction of sp³-hybridized carbons (Fsp3) is 1.00. The van der Waals surface area contributed by atoms with Crippen LogP contribution in [0.4, 0.5) is 0 Å². The second-order valence-corrected chi connectivity index (χ2v) is 3.20. The van der Waals surface area contributed by atoms with E-state index in [2.05, 4.69) is 10.2 Å². The highest BCUT2D eigenvalue weighted by Crippen LogP contribution is 2.27. The zero-order chi connectivity index (χ0) is 4.99. The van der Waals surface area contributed by atoms with Crippen molar-refractivity contribution in [3.63, 3.8) is 0 Å². The molecule has 2 N–H and O–H groups in total. The van der Waals surface area contributed by atoms with E-state index in [1.54, 1.807) is 0 Å². The highest BCUT2D eigenvalue weighted by atomic mass is 35.7. The van der Waals surface area contributed by atoms with Crippen LogP contribution in [0.5, 0.6) is 0 Å². The normalized spacial score (nSPS) is 10.0. The molecule has 0 spiro atoms. The highest BCUT2D eigenvalue weighted by molar-refractivity contribution is 7.80. The van der Waals surface area contributed by atoms with E-state index in [4.69, 9.17) is 11.2 Å². The van der Waals surface area contributed by atoms with Crippen LogP contribution in [0.15, 0.2) is 0 Å². The summed E-state index contributed by atoms with van der Waals surface area (Å²) in [6, 6.07) is 0. The summed E-state index contributed by atoms with van der Waals surface area (Å²) in [5.74, 6) is 0. The first kappa shape index (κ1) is 6.64. The Kier molecular flexibility index (Phi) is 4.22. The predicted octanol–water partition coefficient (Wildman–Crippen LogP) is 0.891. The quantitative estimate of drug-likeness (QED) is 0.537. The molecule has 0 aliphatic heterocycles. The van der Waals surface area contributed by atoms with Gasteiger partial charge in [-0.25, -0.2) is 0 Å². The van der Waals surface area contributed by atoms with Crippen molar-refractivity contribution in [2.24, 2.45) is 0 Å². The summed E-state index contributed by atoms with van der Waals surface area (Å²) in [5, 5.41) is 5.67. The van der Waals surface area contributed by atoms with Gasteiger partial charge >= 0.3 is 0 Å². The van der Waals surface area contributed by atoms with Crippen molar-refractivity contribution >= 4 is 18.8 Å². The van der Waals surface area contributed by atoms with Crippen LogP contribution in [0.25, 0.3) is 0 Å². The Labute approximate surface area is 43.9 Å². The SMILES string of the molecule is CNP(Cl)NC. The standard InChI is InChI=1S/C2H8ClN2P/c1-4-6(3)5-2/h4-5H,1-2H3. The molecule has 38 valence electrons. The monoisotopic (exact) mass is 126 g/mol. The molecule has 0 atom stereocenters. The van der Waals surface area contributed by atoms with E-state index in [1.165, 1.54) is 0 Å². The Morgan fingerprint density at radius 2 is 1.67 bits per heavy atom. The molecule has 0 radical (unpaired) electrons. The zero-order valence-electron chi connectivity index (χ0n) is 3.83. The van der Waals surface area contributed by atoms with Gasteiger partial charge in [0.1, 0.15) is 7.58 Å². The minimum absolute atomic E-state index is 0.604. The van der Waals surface area contributed by atoms with Gasteiger partial charge in [-0.3, -0.25) is 10.2 Å². The molecule has 0 saturated carbocycles. The van der Waals surface area contributed by atoms with E-state index in [-0.39, 0.29) is 0 Å². The molecule has 4 heteroatoms. The lowest BCUT2D eigenvalue weighted by Crippen LogP contribution is -2.04. The number of hydrogen-bond donors (Lipinski definition) is 2. The fourth-order valence-corrected chi connectivity index (χ4v) is 0.335. The van der Waals surface area contributed by atoms with E-state index in [9.17, 15) is 0 Å². The zero-order valence-corrected chi connectivity index (χ0v) is 5.48. The number of rotatable bonds is 2. The van der Waals surface area contributed by atoms with E-state index in [0.29, 0.717) is 0 Å². The number of nitrogens with one attached hydrogen (secondary N) is 2. The number of halogens is 1. The lowest BCUT2D eigenvalue weighted by Gasteiger charge is -2.00. The van der Waals surface area contributed by atoms with Crippen LogP contribution in [-0.2, 0) is 0 Å². The molecule has 0 aromatic rings. The summed E-state index contributed by atoms with van der Waals surface area (Å²) in [4.78, 5) is 0. The van der Waals surface area contributed by atoms with Gasteiger partial charge < -0.3 is 0 Å². The summed E-state index contributed by atoms with van der Waals surface area (Å²) in [6.45, 7) is 0. The molecule has 2 nitrogen and oxygen atoms in total. The predicted molar refractivity (Wildman–Crippen MR) is 30.9 cm³/mol. The van der Waals surface area contributed by atoms with Gasteiger partial charge in [-0.05, 0) is 14.1 Å². The molecule has 0 saturated heterocycles. The van der Waals surface area contributed by atoms with E-state index in [1.807, 2.05) is 14.1 Å². The maximum atomic E-state index is 5.49. The third-order valence-electron chi connectivity index (χ3n) is 0.393. The van der Waals surface area contributed by atoms with Gasteiger partial charge in [-0.15, -0.1) is 0 Å². The van der Waals surface area contributed by atoms with Crippen LogP contribution in [-0.4, -0.2) is 14.1 Å². The Hall–Kier alpha value is 0.640. The molecule has 0 aromatic heterocycles. The summed E-state index contributed by atoms with van der Waals surface area (Å²) < 4.78 is 0. The molecule has 0 aliphatic carbocycles. The van der Waals surface area contributed by atoms with Gasteiger partial charge in [-0.2, -0.15) is 0 Å². The summed E-state index contributed by atoms with van der Waals surface area (Å²) in [7, 11) is 3.03. The van der Waals surface area contributed by atoms with Gasteiger partial charge in [0.05, 0.1) is 0 Å². The Balaban J connectivity index is 2.75. The van der Waals surface area contributed by atoms with Gasteiger partial charge in [0.15, 0.2) is 0 Å². The molecule has 0 amide bonds. The van der Waals surface area contributed by atoms with Crippen LogP contribution < -0.4 is 10.2 Å². The maximum absolute atomic E-state index is 5.49. The molecule has 0 unspecified atom stereocenters. The van der Waals surface area contributed by atoms with Crippen molar-refractivity contribution in [1.82, 2.24) is 10.2 Å². The third-order valence-corrected chi connectivity index (χ3v) is 2.19. The average Bonchev–Trinajstić information content (AvgIpc) is 1.65. The lowest BCUT2D eigenvalue weighted by molar-refractivity contribution is 1.18. The largest absolute Gasteiger partial charge is 0.274 e. The minimum atomic E-state index is -0.604. The molecule has 0 fully saturated rings. The third kappa shape index (κ3) is 2.86. The summed E-state index contributed by atoms with van der Waals surface area (Å²) in [6.07, 6.45) is 0.